The summed E-state index contributed by atoms with van der Waals surface area (Å²) in [5.41, 5.74) is 8.84. The topological polar surface area (TPSA) is 116 Å². The third kappa shape index (κ3) is 4.95. The number of benzene rings is 2. The van der Waals surface area contributed by atoms with Gasteiger partial charge in [0.25, 0.3) is 5.22 Å². The van der Waals surface area contributed by atoms with Gasteiger partial charge in [-0.25, -0.2) is 0 Å². The fourth-order valence-electron chi connectivity index (χ4n) is 2.73. The molecule has 0 bridgehead atoms. The maximum Gasteiger partial charge on any atom is 0.277 e. The Morgan fingerprint density at radius 2 is 1.83 bits per heavy atom. The molecule has 3 N–H and O–H groups in total. The van der Waals surface area contributed by atoms with Crippen LogP contribution >= 0.6 is 27.7 Å². The molecule has 0 saturated heterocycles. The van der Waals surface area contributed by atoms with Crippen molar-refractivity contribution in [3.63, 3.8) is 0 Å². The average Bonchev–Trinajstić information content (AvgIpc) is 3.22. The summed E-state index contributed by atoms with van der Waals surface area (Å²) in [5.74, 6) is 1.95. The maximum atomic E-state index is 5.88. The van der Waals surface area contributed by atoms with Crippen molar-refractivity contribution < 1.29 is 4.42 Å². The molecule has 4 aromatic rings. The lowest BCUT2D eigenvalue weighted by molar-refractivity contribution is 0.465. The van der Waals surface area contributed by atoms with Crippen LogP contribution in [0.5, 0.6) is 0 Å². The summed E-state index contributed by atoms with van der Waals surface area (Å²) >= 11 is 4.75. The molecule has 0 saturated carbocycles. The highest BCUT2D eigenvalue weighted by molar-refractivity contribution is 9.10. The summed E-state index contributed by atoms with van der Waals surface area (Å²) in [4.78, 5) is 12.9. The average molecular weight is 484 g/mol. The van der Waals surface area contributed by atoms with Crippen molar-refractivity contribution in [1.29, 1.82) is 0 Å². The van der Waals surface area contributed by atoms with Gasteiger partial charge in [-0.1, -0.05) is 52.8 Å². The SMILES string of the molecule is CCc1ccccc1Nc1nc(N)nc(CSc2nnc(-c3ccc(Br)cc3)o2)n1. The highest BCUT2D eigenvalue weighted by Crippen LogP contribution is 2.26. The summed E-state index contributed by atoms with van der Waals surface area (Å²) in [5, 5.41) is 11.8. The molecule has 2 aromatic carbocycles. The number of hydrogen-bond acceptors (Lipinski definition) is 9. The number of nitrogens with zero attached hydrogens (tertiary/aromatic N) is 5. The number of aromatic nitrogens is 5. The maximum absolute atomic E-state index is 5.88. The van der Waals surface area contributed by atoms with Crippen LogP contribution in [0.4, 0.5) is 17.6 Å². The van der Waals surface area contributed by atoms with Gasteiger partial charge in [-0.15, -0.1) is 10.2 Å². The molecule has 152 valence electrons. The lowest BCUT2D eigenvalue weighted by atomic mass is 10.1. The second-order valence-electron chi connectivity index (χ2n) is 6.24. The number of nitrogens with two attached hydrogens (primary N) is 1. The van der Waals surface area contributed by atoms with E-state index in [9.17, 15) is 0 Å². The van der Waals surface area contributed by atoms with Crippen LogP contribution in [0.2, 0.25) is 0 Å². The van der Waals surface area contributed by atoms with Crippen molar-refractivity contribution in [2.24, 2.45) is 0 Å². The zero-order valence-corrected chi connectivity index (χ0v) is 18.4. The van der Waals surface area contributed by atoms with E-state index in [-0.39, 0.29) is 5.95 Å². The van der Waals surface area contributed by atoms with Gasteiger partial charge in [-0.05, 0) is 42.3 Å². The Balaban J connectivity index is 1.46. The van der Waals surface area contributed by atoms with E-state index < -0.39 is 0 Å². The first-order chi connectivity index (χ1) is 14.6. The Kier molecular flexibility index (Phi) is 6.24. The third-order valence-corrected chi connectivity index (χ3v) is 5.51. The van der Waals surface area contributed by atoms with Gasteiger partial charge in [0.15, 0.2) is 0 Å². The van der Waals surface area contributed by atoms with Crippen LogP contribution in [0.3, 0.4) is 0 Å². The second-order valence-corrected chi connectivity index (χ2v) is 8.08. The van der Waals surface area contributed by atoms with Crippen molar-refractivity contribution >= 4 is 45.3 Å². The van der Waals surface area contributed by atoms with E-state index in [2.05, 4.69) is 59.4 Å². The Hall–Kier alpha value is -2.98. The first kappa shape index (κ1) is 20.3. The zero-order valence-electron chi connectivity index (χ0n) is 16.0. The number of nitrogen functional groups attached to an aromatic ring is 1. The zero-order chi connectivity index (χ0) is 20.9. The standard InChI is InChI=1S/C20H18BrN7OS/c1-2-12-5-3-4-6-15(12)23-19-25-16(24-18(22)26-19)11-30-20-28-27-17(29-20)13-7-9-14(21)10-8-13/h3-10H,2,11H2,1H3,(H3,22,23,24,25,26). The van der Waals surface area contributed by atoms with E-state index in [1.165, 1.54) is 17.3 Å². The Labute approximate surface area is 185 Å². The number of thioether (sulfide) groups is 1. The first-order valence-corrected chi connectivity index (χ1v) is 11.0. The summed E-state index contributed by atoms with van der Waals surface area (Å²) in [6, 6.07) is 15.7. The van der Waals surface area contributed by atoms with E-state index in [0.29, 0.717) is 28.6 Å². The van der Waals surface area contributed by atoms with Gasteiger partial charge >= 0.3 is 0 Å². The van der Waals surface area contributed by atoms with E-state index in [0.717, 1.165) is 22.1 Å². The molecule has 8 nitrogen and oxygen atoms in total. The molecule has 0 aliphatic rings. The molecule has 2 aromatic heterocycles. The minimum atomic E-state index is 0.151. The number of nitrogens with one attached hydrogen (secondary N) is 1. The van der Waals surface area contributed by atoms with Crippen LogP contribution in [0, 0.1) is 0 Å². The minimum absolute atomic E-state index is 0.151. The molecule has 10 heteroatoms. The number of halogens is 1. The fourth-order valence-corrected chi connectivity index (χ4v) is 3.62. The van der Waals surface area contributed by atoms with Gasteiger partial charge in [-0.3, -0.25) is 0 Å². The molecule has 2 heterocycles. The molecular formula is C20H18BrN7OS. The highest BCUT2D eigenvalue weighted by atomic mass is 79.9. The molecule has 0 fully saturated rings. The molecule has 0 atom stereocenters. The molecule has 0 spiro atoms. The number of rotatable bonds is 7. The van der Waals surface area contributed by atoms with Crippen molar-refractivity contribution in [1.82, 2.24) is 25.1 Å². The molecule has 0 amide bonds. The van der Waals surface area contributed by atoms with Gasteiger partial charge in [0, 0.05) is 15.7 Å². The van der Waals surface area contributed by atoms with Crippen molar-refractivity contribution in [3.05, 3.63) is 64.4 Å². The van der Waals surface area contributed by atoms with Crippen LogP contribution in [0.1, 0.15) is 18.3 Å². The minimum Gasteiger partial charge on any atom is -0.411 e. The van der Waals surface area contributed by atoms with Crippen LogP contribution in [0.25, 0.3) is 11.5 Å². The molecule has 30 heavy (non-hydrogen) atoms. The molecule has 0 aliphatic heterocycles. The molecule has 0 aliphatic carbocycles. The van der Waals surface area contributed by atoms with Gasteiger partial charge < -0.3 is 15.5 Å². The molecule has 0 unspecified atom stereocenters. The summed E-state index contributed by atoms with van der Waals surface area (Å²) in [6.45, 7) is 2.09. The monoisotopic (exact) mass is 483 g/mol. The Morgan fingerprint density at radius 3 is 2.63 bits per heavy atom. The van der Waals surface area contributed by atoms with E-state index in [4.69, 9.17) is 10.2 Å². The van der Waals surface area contributed by atoms with Gasteiger partial charge in [-0.2, -0.15) is 15.0 Å². The van der Waals surface area contributed by atoms with E-state index >= 15 is 0 Å². The van der Waals surface area contributed by atoms with Gasteiger partial charge in [0.05, 0.1) is 5.75 Å². The fraction of sp³-hybridized carbons (Fsp3) is 0.150. The van der Waals surface area contributed by atoms with Crippen LogP contribution in [-0.4, -0.2) is 25.1 Å². The quantitative estimate of drug-likeness (QED) is 0.355. The number of aryl methyl sites for hydroxylation is 1. The molecular weight excluding hydrogens is 466 g/mol. The van der Waals surface area contributed by atoms with E-state index in [1.54, 1.807) is 0 Å². The Morgan fingerprint density at radius 1 is 1.03 bits per heavy atom. The molecule has 4 rings (SSSR count). The second kappa shape index (κ2) is 9.23. The van der Waals surface area contributed by atoms with Crippen molar-refractivity contribution in [2.45, 2.75) is 24.3 Å². The number of hydrogen-bond donors (Lipinski definition) is 2. The predicted molar refractivity (Wildman–Crippen MR) is 120 cm³/mol. The smallest absolute Gasteiger partial charge is 0.277 e. The van der Waals surface area contributed by atoms with Crippen LogP contribution in [0.15, 0.2) is 62.6 Å². The van der Waals surface area contributed by atoms with Crippen LogP contribution < -0.4 is 11.1 Å². The first-order valence-electron chi connectivity index (χ1n) is 9.18. The third-order valence-electron chi connectivity index (χ3n) is 4.17. The lowest BCUT2D eigenvalue weighted by Gasteiger charge is -2.10. The highest BCUT2D eigenvalue weighted by Gasteiger charge is 2.12. The Bertz CT molecular complexity index is 1150. The summed E-state index contributed by atoms with van der Waals surface area (Å²) in [6.07, 6.45) is 0.893. The van der Waals surface area contributed by atoms with Gasteiger partial charge in [0.2, 0.25) is 17.8 Å². The predicted octanol–water partition coefficient (Wildman–Crippen LogP) is 4.86. The van der Waals surface area contributed by atoms with Crippen LogP contribution in [-0.2, 0) is 12.2 Å². The number of anilines is 3. The van der Waals surface area contributed by atoms with Gasteiger partial charge in [0.1, 0.15) is 5.82 Å². The molecule has 0 radical (unpaired) electrons. The largest absolute Gasteiger partial charge is 0.411 e. The van der Waals surface area contributed by atoms with E-state index in [1.807, 2.05) is 42.5 Å². The van der Waals surface area contributed by atoms with Crippen molar-refractivity contribution in [3.8, 4) is 11.5 Å². The summed E-state index contributed by atoms with van der Waals surface area (Å²) in [7, 11) is 0. The lowest BCUT2D eigenvalue weighted by Crippen LogP contribution is -2.07. The number of para-hydroxylation sites is 1. The summed E-state index contributed by atoms with van der Waals surface area (Å²) < 4.78 is 6.71. The normalized spacial score (nSPS) is 10.9. The van der Waals surface area contributed by atoms with Crippen molar-refractivity contribution in [2.75, 3.05) is 11.1 Å².